The Hall–Kier alpha value is -2.14. The van der Waals surface area contributed by atoms with Gasteiger partial charge in [-0.2, -0.15) is 5.10 Å². The Labute approximate surface area is 106 Å². The molecule has 0 fully saturated rings. The van der Waals surface area contributed by atoms with Crippen LogP contribution in [0.15, 0.2) is 30.5 Å². The Bertz CT molecular complexity index is 574. The number of rotatable bonds is 3. The van der Waals surface area contributed by atoms with E-state index >= 15 is 0 Å². The van der Waals surface area contributed by atoms with E-state index < -0.39 is 0 Å². The largest absolute Gasteiger partial charge is 0.326 e. The number of carbonyl (C=O) groups excluding carboxylic acids is 1. The zero-order valence-electron chi connectivity index (χ0n) is 10.5. The highest BCUT2D eigenvalue weighted by atomic mass is 16.1. The Morgan fingerprint density at radius 1 is 1.50 bits per heavy atom. The van der Waals surface area contributed by atoms with E-state index in [1.165, 1.54) is 0 Å². The summed E-state index contributed by atoms with van der Waals surface area (Å²) in [4.78, 5) is 12.1. The van der Waals surface area contributed by atoms with E-state index in [9.17, 15) is 4.79 Å². The first-order valence-electron chi connectivity index (χ1n) is 5.70. The van der Waals surface area contributed by atoms with Gasteiger partial charge < -0.3 is 11.1 Å². The first-order chi connectivity index (χ1) is 8.60. The molecule has 0 radical (unpaired) electrons. The number of hydrogen-bond acceptors (Lipinski definition) is 3. The highest BCUT2D eigenvalue weighted by Crippen LogP contribution is 2.13. The number of benzene rings is 1. The predicted molar refractivity (Wildman–Crippen MR) is 70.2 cm³/mol. The molecule has 0 saturated carbocycles. The fourth-order valence-corrected chi connectivity index (χ4v) is 1.76. The maximum absolute atomic E-state index is 12.1. The lowest BCUT2D eigenvalue weighted by Gasteiger charge is -2.05. The Morgan fingerprint density at radius 3 is 2.89 bits per heavy atom. The predicted octanol–water partition coefficient (Wildman–Crippen LogP) is 1.44. The Balaban J connectivity index is 2.19. The van der Waals surface area contributed by atoms with Crippen molar-refractivity contribution in [3.8, 4) is 0 Å². The van der Waals surface area contributed by atoms with Crippen molar-refractivity contribution in [3.63, 3.8) is 0 Å². The van der Waals surface area contributed by atoms with E-state index in [-0.39, 0.29) is 5.91 Å². The average Bonchev–Trinajstić information content (AvgIpc) is 2.68. The summed E-state index contributed by atoms with van der Waals surface area (Å²) in [5, 5.41) is 7.01. The molecule has 0 bridgehead atoms. The number of nitrogens with zero attached hydrogens (tertiary/aromatic N) is 2. The minimum atomic E-state index is -0.151. The molecule has 3 N–H and O–H groups in total. The summed E-state index contributed by atoms with van der Waals surface area (Å²) in [6, 6.07) is 7.28. The third-order valence-electron chi connectivity index (χ3n) is 2.69. The normalized spacial score (nSPS) is 10.4. The van der Waals surface area contributed by atoms with Gasteiger partial charge in [0.2, 0.25) is 0 Å². The lowest BCUT2D eigenvalue weighted by atomic mass is 10.1. The topological polar surface area (TPSA) is 72.9 Å². The molecule has 1 heterocycles. The first-order valence-corrected chi connectivity index (χ1v) is 5.70. The van der Waals surface area contributed by atoms with Crippen LogP contribution in [0.2, 0.25) is 0 Å². The standard InChI is InChI=1S/C13H16N4O/c1-9-12(8-17(2)16-9)15-13(18)11-5-3-4-10(6-11)7-14/h3-6,8H,7,14H2,1-2H3,(H,15,18). The second kappa shape index (κ2) is 5.01. The van der Waals surface area contributed by atoms with Crippen molar-refractivity contribution < 1.29 is 4.79 Å². The minimum Gasteiger partial charge on any atom is -0.326 e. The molecule has 0 saturated heterocycles. The van der Waals surface area contributed by atoms with E-state index in [2.05, 4.69) is 10.4 Å². The number of nitrogens with two attached hydrogens (primary N) is 1. The van der Waals surface area contributed by atoms with Gasteiger partial charge in [-0.15, -0.1) is 0 Å². The molecule has 0 aliphatic rings. The van der Waals surface area contributed by atoms with Gasteiger partial charge in [-0.05, 0) is 24.6 Å². The van der Waals surface area contributed by atoms with Crippen molar-refractivity contribution in [2.75, 3.05) is 5.32 Å². The molecule has 1 aromatic carbocycles. The van der Waals surface area contributed by atoms with Gasteiger partial charge in [0.1, 0.15) is 0 Å². The summed E-state index contributed by atoms with van der Waals surface area (Å²) in [5.74, 6) is -0.151. The summed E-state index contributed by atoms with van der Waals surface area (Å²) in [6.45, 7) is 2.28. The smallest absolute Gasteiger partial charge is 0.255 e. The molecule has 5 nitrogen and oxygen atoms in total. The zero-order valence-corrected chi connectivity index (χ0v) is 10.5. The quantitative estimate of drug-likeness (QED) is 0.858. The number of amides is 1. The summed E-state index contributed by atoms with van der Waals surface area (Å²) < 4.78 is 1.67. The van der Waals surface area contributed by atoms with E-state index in [4.69, 9.17) is 5.73 Å². The lowest BCUT2D eigenvalue weighted by Crippen LogP contribution is -2.12. The van der Waals surface area contributed by atoms with Gasteiger partial charge >= 0.3 is 0 Å². The van der Waals surface area contributed by atoms with Crippen LogP contribution in [-0.4, -0.2) is 15.7 Å². The molecule has 94 valence electrons. The highest BCUT2D eigenvalue weighted by molar-refractivity contribution is 6.04. The van der Waals surface area contributed by atoms with Gasteiger partial charge in [-0.1, -0.05) is 12.1 Å². The van der Waals surface area contributed by atoms with Crippen LogP contribution >= 0.6 is 0 Å². The fourth-order valence-electron chi connectivity index (χ4n) is 1.76. The minimum absolute atomic E-state index is 0.151. The van der Waals surface area contributed by atoms with Crippen LogP contribution in [0.1, 0.15) is 21.6 Å². The molecule has 1 amide bonds. The molecule has 5 heteroatoms. The van der Waals surface area contributed by atoms with E-state index in [0.717, 1.165) is 16.9 Å². The number of carbonyl (C=O) groups is 1. The van der Waals surface area contributed by atoms with Crippen molar-refractivity contribution in [1.82, 2.24) is 9.78 Å². The van der Waals surface area contributed by atoms with Crippen molar-refractivity contribution >= 4 is 11.6 Å². The number of nitrogens with one attached hydrogen (secondary N) is 1. The Kier molecular flexibility index (Phi) is 3.43. The molecule has 0 unspecified atom stereocenters. The van der Waals surface area contributed by atoms with Gasteiger partial charge in [0.25, 0.3) is 5.91 Å². The van der Waals surface area contributed by atoms with Crippen molar-refractivity contribution in [2.24, 2.45) is 12.8 Å². The highest BCUT2D eigenvalue weighted by Gasteiger charge is 2.10. The molecule has 0 atom stereocenters. The van der Waals surface area contributed by atoms with Crippen LogP contribution < -0.4 is 11.1 Å². The zero-order chi connectivity index (χ0) is 13.1. The van der Waals surface area contributed by atoms with E-state index in [0.29, 0.717) is 12.1 Å². The fraction of sp³-hybridized carbons (Fsp3) is 0.231. The monoisotopic (exact) mass is 244 g/mol. The third kappa shape index (κ3) is 2.57. The number of aryl methyl sites for hydroxylation is 2. The maximum atomic E-state index is 12.1. The van der Waals surface area contributed by atoms with Crippen LogP contribution in [0.4, 0.5) is 5.69 Å². The van der Waals surface area contributed by atoms with Gasteiger partial charge in [0, 0.05) is 25.4 Å². The maximum Gasteiger partial charge on any atom is 0.255 e. The molecule has 0 spiro atoms. The summed E-state index contributed by atoms with van der Waals surface area (Å²) in [7, 11) is 1.82. The van der Waals surface area contributed by atoms with Crippen LogP contribution in [-0.2, 0) is 13.6 Å². The molecule has 1 aromatic heterocycles. The third-order valence-corrected chi connectivity index (χ3v) is 2.69. The van der Waals surface area contributed by atoms with Crippen LogP contribution in [0.5, 0.6) is 0 Å². The van der Waals surface area contributed by atoms with Gasteiger partial charge in [-0.3, -0.25) is 9.48 Å². The molecule has 0 aliphatic heterocycles. The van der Waals surface area contributed by atoms with Gasteiger partial charge in [0.05, 0.1) is 11.4 Å². The Morgan fingerprint density at radius 2 is 2.28 bits per heavy atom. The second-order valence-electron chi connectivity index (χ2n) is 4.16. The van der Waals surface area contributed by atoms with Crippen molar-refractivity contribution in [2.45, 2.75) is 13.5 Å². The molecule has 18 heavy (non-hydrogen) atoms. The van der Waals surface area contributed by atoms with Gasteiger partial charge in [0.15, 0.2) is 0 Å². The van der Waals surface area contributed by atoms with Crippen molar-refractivity contribution in [1.29, 1.82) is 0 Å². The summed E-state index contributed by atoms with van der Waals surface area (Å²) >= 11 is 0. The van der Waals surface area contributed by atoms with E-state index in [1.807, 2.05) is 26.1 Å². The van der Waals surface area contributed by atoms with Gasteiger partial charge in [-0.25, -0.2) is 0 Å². The first kappa shape index (κ1) is 12.3. The lowest BCUT2D eigenvalue weighted by molar-refractivity contribution is 0.102. The molecule has 2 aromatic rings. The molecular weight excluding hydrogens is 228 g/mol. The van der Waals surface area contributed by atoms with Crippen LogP contribution in [0, 0.1) is 6.92 Å². The molecule has 2 rings (SSSR count). The second-order valence-corrected chi connectivity index (χ2v) is 4.16. The SMILES string of the molecule is Cc1nn(C)cc1NC(=O)c1cccc(CN)c1. The van der Waals surface area contributed by atoms with E-state index in [1.54, 1.807) is 23.0 Å². The number of aromatic nitrogens is 2. The number of hydrogen-bond donors (Lipinski definition) is 2. The number of anilines is 1. The van der Waals surface area contributed by atoms with Crippen LogP contribution in [0.3, 0.4) is 0 Å². The summed E-state index contributed by atoms with van der Waals surface area (Å²) in [6.07, 6.45) is 1.78. The molecular formula is C13H16N4O. The molecule has 0 aliphatic carbocycles. The van der Waals surface area contributed by atoms with Crippen LogP contribution in [0.25, 0.3) is 0 Å². The summed E-state index contributed by atoms with van der Waals surface area (Å²) in [5.41, 5.74) is 8.60. The average molecular weight is 244 g/mol. The van der Waals surface area contributed by atoms with Crippen molar-refractivity contribution in [3.05, 3.63) is 47.3 Å².